The fourth-order valence-corrected chi connectivity index (χ4v) is 3.88. The third kappa shape index (κ3) is 3.74. The zero-order valence-electron chi connectivity index (χ0n) is 11.4. The second kappa shape index (κ2) is 7.34. The standard InChI is InChI=1S/C15H13Br2Cl2NO/c1-20-14(10-5-8(18)3-4-12(10)16)11-6-9(19)7-13(17)15(11)21-2/h3-7,14,20H,1-2H3. The van der Waals surface area contributed by atoms with Gasteiger partial charge in [0.05, 0.1) is 17.6 Å². The molecule has 112 valence electrons. The number of nitrogens with one attached hydrogen (secondary N) is 1. The summed E-state index contributed by atoms with van der Waals surface area (Å²) in [4.78, 5) is 0. The number of ether oxygens (including phenoxy) is 1. The van der Waals surface area contributed by atoms with E-state index >= 15 is 0 Å². The number of benzene rings is 2. The smallest absolute Gasteiger partial charge is 0.138 e. The molecule has 0 fully saturated rings. The van der Waals surface area contributed by atoms with Crippen molar-refractivity contribution in [3.05, 3.63) is 60.4 Å². The molecule has 0 amide bonds. The van der Waals surface area contributed by atoms with Crippen LogP contribution < -0.4 is 10.1 Å². The van der Waals surface area contributed by atoms with E-state index in [1.54, 1.807) is 7.11 Å². The highest BCUT2D eigenvalue weighted by atomic mass is 79.9. The lowest BCUT2D eigenvalue weighted by molar-refractivity contribution is 0.402. The molecule has 21 heavy (non-hydrogen) atoms. The Morgan fingerprint density at radius 2 is 1.67 bits per heavy atom. The molecule has 1 unspecified atom stereocenters. The van der Waals surface area contributed by atoms with Gasteiger partial charge < -0.3 is 10.1 Å². The Labute approximate surface area is 151 Å². The minimum atomic E-state index is -0.108. The number of hydrogen-bond donors (Lipinski definition) is 1. The summed E-state index contributed by atoms with van der Waals surface area (Å²) in [6.07, 6.45) is 0. The van der Waals surface area contributed by atoms with Crippen molar-refractivity contribution in [2.75, 3.05) is 14.2 Å². The van der Waals surface area contributed by atoms with Crippen LogP contribution in [0.5, 0.6) is 5.75 Å². The van der Waals surface area contributed by atoms with Gasteiger partial charge in [-0.2, -0.15) is 0 Å². The van der Waals surface area contributed by atoms with Gasteiger partial charge in [0.1, 0.15) is 5.75 Å². The molecule has 2 rings (SSSR count). The Morgan fingerprint density at radius 1 is 1.00 bits per heavy atom. The topological polar surface area (TPSA) is 21.3 Å². The van der Waals surface area contributed by atoms with E-state index in [4.69, 9.17) is 27.9 Å². The lowest BCUT2D eigenvalue weighted by atomic mass is 9.98. The molecule has 0 saturated heterocycles. The van der Waals surface area contributed by atoms with E-state index in [0.29, 0.717) is 10.0 Å². The van der Waals surface area contributed by atoms with Gasteiger partial charge in [0.25, 0.3) is 0 Å². The van der Waals surface area contributed by atoms with Crippen LogP contribution in [0.1, 0.15) is 17.2 Å². The predicted octanol–water partition coefficient (Wildman–Crippen LogP) is 5.84. The summed E-state index contributed by atoms with van der Waals surface area (Å²) in [5.74, 6) is 0.741. The Hall–Kier alpha value is -0.260. The van der Waals surface area contributed by atoms with Crippen molar-refractivity contribution in [3.63, 3.8) is 0 Å². The maximum atomic E-state index is 6.19. The van der Waals surface area contributed by atoms with E-state index in [0.717, 1.165) is 25.8 Å². The van der Waals surface area contributed by atoms with Gasteiger partial charge >= 0.3 is 0 Å². The normalized spacial score (nSPS) is 12.3. The van der Waals surface area contributed by atoms with Crippen molar-refractivity contribution in [2.45, 2.75) is 6.04 Å². The molecule has 0 aliphatic carbocycles. The summed E-state index contributed by atoms with van der Waals surface area (Å²) >= 11 is 19.4. The number of methoxy groups -OCH3 is 1. The van der Waals surface area contributed by atoms with Gasteiger partial charge in [-0.1, -0.05) is 39.1 Å². The van der Waals surface area contributed by atoms with E-state index in [1.807, 2.05) is 37.4 Å². The van der Waals surface area contributed by atoms with Crippen LogP contribution in [0.3, 0.4) is 0 Å². The molecule has 6 heteroatoms. The molecular weight excluding hydrogens is 441 g/mol. The molecule has 1 N–H and O–H groups in total. The van der Waals surface area contributed by atoms with Gasteiger partial charge in [0, 0.05) is 20.1 Å². The Bertz CT molecular complexity index is 664. The molecule has 0 saturated carbocycles. The summed E-state index contributed by atoms with van der Waals surface area (Å²) in [5, 5.41) is 4.59. The predicted molar refractivity (Wildman–Crippen MR) is 95.8 cm³/mol. The van der Waals surface area contributed by atoms with Crippen molar-refractivity contribution < 1.29 is 4.74 Å². The second-order valence-corrected chi connectivity index (χ2v) is 6.98. The van der Waals surface area contributed by atoms with Crippen LogP contribution in [0.25, 0.3) is 0 Å². The molecule has 1 atom stereocenters. The van der Waals surface area contributed by atoms with E-state index in [1.165, 1.54) is 0 Å². The zero-order chi connectivity index (χ0) is 15.6. The lowest BCUT2D eigenvalue weighted by Crippen LogP contribution is -2.19. The van der Waals surface area contributed by atoms with Gasteiger partial charge in [-0.05, 0) is 58.9 Å². The largest absolute Gasteiger partial charge is 0.495 e. The van der Waals surface area contributed by atoms with Crippen LogP contribution in [-0.4, -0.2) is 14.2 Å². The fraction of sp³-hybridized carbons (Fsp3) is 0.200. The van der Waals surface area contributed by atoms with Crippen molar-refractivity contribution in [2.24, 2.45) is 0 Å². The molecule has 0 aliphatic rings. The third-order valence-corrected chi connectivity index (χ3v) is 4.87. The van der Waals surface area contributed by atoms with E-state index in [-0.39, 0.29) is 6.04 Å². The quantitative estimate of drug-likeness (QED) is 0.628. The van der Waals surface area contributed by atoms with Crippen molar-refractivity contribution in [1.82, 2.24) is 5.32 Å². The molecule has 0 radical (unpaired) electrons. The zero-order valence-corrected chi connectivity index (χ0v) is 16.1. The summed E-state index contributed by atoms with van der Waals surface area (Å²) in [6, 6.07) is 9.27. The van der Waals surface area contributed by atoms with E-state index < -0.39 is 0 Å². The first kappa shape index (κ1) is 17.1. The summed E-state index contributed by atoms with van der Waals surface area (Å²) in [5.41, 5.74) is 1.94. The number of hydrogen-bond acceptors (Lipinski definition) is 2. The minimum Gasteiger partial charge on any atom is -0.495 e. The van der Waals surface area contributed by atoms with Gasteiger partial charge in [-0.25, -0.2) is 0 Å². The van der Waals surface area contributed by atoms with Gasteiger partial charge in [-0.3, -0.25) is 0 Å². The highest BCUT2D eigenvalue weighted by Crippen LogP contribution is 2.40. The van der Waals surface area contributed by atoms with Gasteiger partial charge in [0.15, 0.2) is 0 Å². The molecule has 0 aromatic heterocycles. The Kier molecular flexibility index (Phi) is 5.97. The highest BCUT2D eigenvalue weighted by Gasteiger charge is 2.21. The molecular formula is C15H13Br2Cl2NO. The summed E-state index contributed by atoms with van der Waals surface area (Å²) in [6.45, 7) is 0. The molecule has 2 aromatic carbocycles. The maximum absolute atomic E-state index is 6.19. The number of rotatable bonds is 4. The number of halogens is 4. The van der Waals surface area contributed by atoms with Crippen LogP contribution in [0, 0.1) is 0 Å². The molecule has 2 nitrogen and oxygen atoms in total. The molecule has 2 aromatic rings. The van der Waals surface area contributed by atoms with Crippen LogP contribution in [0.15, 0.2) is 39.3 Å². The minimum absolute atomic E-state index is 0.108. The van der Waals surface area contributed by atoms with E-state index in [9.17, 15) is 0 Å². The van der Waals surface area contributed by atoms with Gasteiger partial charge in [-0.15, -0.1) is 0 Å². The molecule has 0 spiro atoms. The molecule has 0 aliphatic heterocycles. The van der Waals surface area contributed by atoms with Crippen LogP contribution in [0.4, 0.5) is 0 Å². The van der Waals surface area contributed by atoms with Crippen LogP contribution in [-0.2, 0) is 0 Å². The van der Waals surface area contributed by atoms with Crippen LogP contribution >= 0.6 is 55.1 Å². The summed E-state index contributed by atoms with van der Waals surface area (Å²) in [7, 11) is 3.52. The maximum Gasteiger partial charge on any atom is 0.138 e. The van der Waals surface area contributed by atoms with Crippen molar-refractivity contribution in [3.8, 4) is 5.75 Å². The monoisotopic (exact) mass is 451 g/mol. The first-order chi connectivity index (χ1) is 9.97. The van der Waals surface area contributed by atoms with Crippen molar-refractivity contribution >= 4 is 55.1 Å². The third-order valence-electron chi connectivity index (χ3n) is 3.11. The average Bonchev–Trinajstić information content (AvgIpc) is 2.43. The van der Waals surface area contributed by atoms with E-state index in [2.05, 4.69) is 37.2 Å². The molecule has 0 bridgehead atoms. The molecule has 0 heterocycles. The Morgan fingerprint density at radius 3 is 2.29 bits per heavy atom. The van der Waals surface area contributed by atoms with Crippen LogP contribution in [0.2, 0.25) is 10.0 Å². The first-order valence-electron chi connectivity index (χ1n) is 6.13. The highest BCUT2D eigenvalue weighted by molar-refractivity contribution is 9.10. The Balaban J connectivity index is 2.64. The first-order valence-corrected chi connectivity index (χ1v) is 8.47. The van der Waals surface area contributed by atoms with Gasteiger partial charge in [0.2, 0.25) is 0 Å². The second-order valence-electron chi connectivity index (χ2n) is 4.40. The average molecular weight is 454 g/mol. The van der Waals surface area contributed by atoms with Crippen molar-refractivity contribution in [1.29, 1.82) is 0 Å². The lowest BCUT2D eigenvalue weighted by Gasteiger charge is -2.22. The fourth-order valence-electron chi connectivity index (χ4n) is 2.22. The SMILES string of the molecule is CNC(c1cc(Cl)ccc1Br)c1cc(Cl)cc(Br)c1OC. The summed E-state index contributed by atoms with van der Waals surface area (Å²) < 4.78 is 7.29.